The first kappa shape index (κ1) is 17.8. The Kier molecular flexibility index (Phi) is 5.41. The lowest BCUT2D eigenvalue weighted by molar-refractivity contribution is -0.123. The van der Waals surface area contributed by atoms with E-state index in [4.69, 9.17) is 14.2 Å². The topological polar surface area (TPSA) is 69.2 Å². The maximum Gasteiger partial charge on any atom is 0.277 e. The number of amides is 1. The van der Waals surface area contributed by atoms with Gasteiger partial charge in [-0.1, -0.05) is 12.1 Å². The Morgan fingerprint density at radius 2 is 1.88 bits per heavy atom. The van der Waals surface area contributed by atoms with Crippen LogP contribution < -0.4 is 19.6 Å². The van der Waals surface area contributed by atoms with E-state index < -0.39 is 0 Å². The van der Waals surface area contributed by atoms with Crippen molar-refractivity contribution in [3.63, 3.8) is 0 Å². The fourth-order valence-corrected chi connectivity index (χ4v) is 2.52. The highest BCUT2D eigenvalue weighted by Crippen LogP contribution is 2.30. The van der Waals surface area contributed by atoms with Gasteiger partial charge in [0.25, 0.3) is 5.91 Å². The van der Waals surface area contributed by atoms with Crippen molar-refractivity contribution in [1.29, 1.82) is 0 Å². The minimum Gasteiger partial charge on any atom is -0.486 e. The van der Waals surface area contributed by atoms with Crippen molar-refractivity contribution in [1.82, 2.24) is 5.43 Å². The van der Waals surface area contributed by atoms with Gasteiger partial charge >= 0.3 is 0 Å². The van der Waals surface area contributed by atoms with Gasteiger partial charge in [0.05, 0.1) is 5.71 Å². The maximum atomic E-state index is 12.0. The maximum absolute atomic E-state index is 12.0. The molecule has 6 heteroatoms. The van der Waals surface area contributed by atoms with E-state index in [-0.39, 0.29) is 12.5 Å². The first-order chi connectivity index (χ1) is 12.5. The van der Waals surface area contributed by atoms with Crippen LogP contribution in [0.15, 0.2) is 41.5 Å². The molecule has 136 valence electrons. The van der Waals surface area contributed by atoms with E-state index in [1.165, 1.54) is 0 Å². The number of hydrogen-bond acceptors (Lipinski definition) is 5. The quantitative estimate of drug-likeness (QED) is 0.662. The summed E-state index contributed by atoms with van der Waals surface area (Å²) in [4.78, 5) is 12.0. The van der Waals surface area contributed by atoms with E-state index in [0.29, 0.717) is 30.4 Å². The highest BCUT2D eigenvalue weighted by molar-refractivity contribution is 5.99. The van der Waals surface area contributed by atoms with Gasteiger partial charge < -0.3 is 14.2 Å². The molecule has 6 nitrogen and oxygen atoms in total. The van der Waals surface area contributed by atoms with Crippen molar-refractivity contribution in [2.45, 2.75) is 20.8 Å². The summed E-state index contributed by atoms with van der Waals surface area (Å²) >= 11 is 0. The van der Waals surface area contributed by atoms with E-state index in [1.807, 2.05) is 57.2 Å². The lowest BCUT2D eigenvalue weighted by atomic mass is 10.1. The molecule has 0 aromatic heterocycles. The highest BCUT2D eigenvalue weighted by atomic mass is 16.6. The third-order valence-corrected chi connectivity index (χ3v) is 4.01. The van der Waals surface area contributed by atoms with Crippen LogP contribution >= 0.6 is 0 Å². The van der Waals surface area contributed by atoms with Gasteiger partial charge in [0.15, 0.2) is 18.1 Å². The van der Waals surface area contributed by atoms with Gasteiger partial charge in [-0.2, -0.15) is 5.10 Å². The summed E-state index contributed by atoms with van der Waals surface area (Å²) in [7, 11) is 0. The second-order valence-electron chi connectivity index (χ2n) is 6.15. The van der Waals surface area contributed by atoms with Crippen LogP contribution in [0, 0.1) is 13.8 Å². The summed E-state index contributed by atoms with van der Waals surface area (Å²) in [6.07, 6.45) is 0. The number of nitrogens with zero attached hydrogens (tertiary/aromatic N) is 1. The smallest absolute Gasteiger partial charge is 0.277 e. The van der Waals surface area contributed by atoms with Gasteiger partial charge in [-0.3, -0.25) is 4.79 Å². The Balaban J connectivity index is 1.58. The average Bonchev–Trinajstić information content (AvgIpc) is 2.66. The van der Waals surface area contributed by atoms with Crippen molar-refractivity contribution in [2.75, 3.05) is 19.8 Å². The predicted octanol–water partition coefficient (Wildman–Crippen LogP) is 2.99. The molecule has 0 fully saturated rings. The molecule has 0 bridgehead atoms. The summed E-state index contributed by atoms with van der Waals surface area (Å²) in [5, 5.41) is 4.14. The summed E-state index contributed by atoms with van der Waals surface area (Å²) < 4.78 is 16.6. The van der Waals surface area contributed by atoms with Crippen molar-refractivity contribution < 1.29 is 19.0 Å². The molecule has 0 atom stereocenters. The van der Waals surface area contributed by atoms with Gasteiger partial charge in [-0.15, -0.1) is 0 Å². The summed E-state index contributed by atoms with van der Waals surface area (Å²) in [5.41, 5.74) is 6.11. The van der Waals surface area contributed by atoms with Crippen molar-refractivity contribution in [3.8, 4) is 17.2 Å². The number of aryl methyl sites for hydroxylation is 2. The standard InChI is InChI=1S/C20H22N2O4/c1-13-4-5-14(2)18(10-13)26-12-20(23)22-21-15(3)16-6-7-17-19(11-16)25-9-8-24-17/h4-7,10-11H,8-9,12H2,1-3H3,(H,22,23). The molecular formula is C20H22N2O4. The molecule has 2 aromatic rings. The van der Waals surface area contributed by atoms with E-state index in [9.17, 15) is 4.79 Å². The van der Waals surface area contributed by atoms with Crippen LogP contribution in [-0.4, -0.2) is 31.4 Å². The molecule has 3 rings (SSSR count). The third-order valence-electron chi connectivity index (χ3n) is 4.01. The van der Waals surface area contributed by atoms with E-state index >= 15 is 0 Å². The van der Waals surface area contributed by atoms with Crippen LogP contribution in [0.5, 0.6) is 17.2 Å². The molecule has 0 radical (unpaired) electrons. The molecule has 1 amide bonds. The zero-order valence-corrected chi connectivity index (χ0v) is 15.2. The number of carbonyl (C=O) groups excluding carboxylic acids is 1. The van der Waals surface area contributed by atoms with Crippen LogP contribution in [0.4, 0.5) is 0 Å². The Labute approximate surface area is 152 Å². The number of ether oxygens (including phenoxy) is 3. The van der Waals surface area contributed by atoms with Crippen LogP contribution in [0.3, 0.4) is 0 Å². The molecule has 1 N–H and O–H groups in total. The molecule has 2 aromatic carbocycles. The molecule has 1 aliphatic rings. The lowest BCUT2D eigenvalue weighted by Gasteiger charge is -2.18. The fraction of sp³-hybridized carbons (Fsp3) is 0.300. The van der Waals surface area contributed by atoms with Gasteiger partial charge in [0.1, 0.15) is 19.0 Å². The monoisotopic (exact) mass is 354 g/mol. The molecule has 1 aliphatic heterocycles. The molecule has 0 aliphatic carbocycles. The molecule has 0 saturated heterocycles. The molecular weight excluding hydrogens is 332 g/mol. The molecule has 26 heavy (non-hydrogen) atoms. The number of rotatable bonds is 5. The number of nitrogens with one attached hydrogen (secondary N) is 1. The van der Waals surface area contributed by atoms with Gasteiger partial charge in [-0.25, -0.2) is 5.43 Å². The van der Waals surface area contributed by atoms with Crippen LogP contribution in [0.25, 0.3) is 0 Å². The summed E-state index contributed by atoms with van der Waals surface area (Å²) in [5.74, 6) is 1.79. The normalized spacial score (nSPS) is 13.3. The van der Waals surface area contributed by atoms with E-state index in [1.54, 1.807) is 0 Å². The first-order valence-corrected chi connectivity index (χ1v) is 8.46. The molecule has 0 spiro atoms. The summed E-state index contributed by atoms with van der Waals surface area (Å²) in [6.45, 7) is 6.72. The van der Waals surface area contributed by atoms with Crippen LogP contribution in [0.1, 0.15) is 23.6 Å². The number of carbonyl (C=O) groups is 1. The number of fused-ring (bicyclic) bond motifs is 1. The Bertz CT molecular complexity index is 846. The Hall–Kier alpha value is -3.02. The number of hydrazone groups is 1. The van der Waals surface area contributed by atoms with E-state index in [2.05, 4.69) is 10.5 Å². The van der Waals surface area contributed by atoms with Gasteiger partial charge in [-0.05, 0) is 56.2 Å². The lowest BCUT2D eigenvalue weighted by Crippen LogP contribution is -2.25. The Morgan fingerprint density at radius 3 is 2.69 bits per heavy atom. The largest absolute Gasteiger partial charge is 0.486 e. The second kappa shape index (κ2) is 7.91. The predicted molar refractivity (Wildman–Crippen MR) is 99.2 cm³/mol. The summed E-state index contributed by atoms with van der Waals surface area (Å²) in [6, 6.07) is 11.5. The average molecular weight is 354 g/mol. The van der Waals surface area contributed by atoms with Crippen molar-refractivity contribution >= 4 is 11.6 Å². The zero-order chi connectivity index (χ0) is 18.5. The van der Waals surface area contributed by atoms with Crippen molar-refractivity contribution in [2.24, 2.45) is 5.10 Å². The minimum atomic E-state index is -0.317. The minimum absolute atomic E-state index is 0.0950. The molecule has 0 unspecified atom stereocenters. The zero-order valence-electron chi connectivity index (χ0n) is 15.2. The van der Waals surface area contributed by atoms with Crippen molar-refractivity contribution in [3.05, 3.63) is 53.1 Å². The molecule has 0 saturated carbocycles. The third kappa shape index (κ3) is 4.33. The first-order valence-electron chi connectivity index (χ1n) is 8.46. The van der Waals surface area contributed by atoms with Crippen LogP contribution in [0.2, 0.25) is 0 Å². The number of benzene rings is 2. The SMILES string of the molecule is CC(=NNC(=O)COc1cc(C)ccc1C)c1ccc2c(c1)OCCO2. The Morgan fingerprint density at radius 1 is 1.12 bits per heavy atom. The second-order valence-corrected chi connectivity index (χ2v) is 6.15. The van der Waals surface area contributed by atoms with Gasteiger partial charge in [0, 0.05) is 5.56 Å². The molecule has 1 heterocycles. The van der Waals surface area contributed by atoms with Gasteiger partial charge in [0.2, 0.25) is 0 Å². The van der Waals surface area contributed by atoms with E-state index in [0.717, 1.165) is 22.4 Å². The van der Waals surface area contributed by atoms with Crippen LogP contribution in [-0.2, 0) is 4.79 Å². The highest BCUT2D eigenvalue weighted by Gasteiger charge is 2.13. The fourth-order valence-electron chi connectivity index (χ4n) is 2.52. The number of hydrogen-bond donors (Lipinski definition) is 1.